The van der Waals surface area contributed by atoms with Crippen molar-refractivity contribution in [2.24, 2.45) is 0 Å². The molecule has 0 unspecified atom stereocenters. The molecule has 1 aromatic heterocycles. The monoisotopic (exact) mass is 271 g/mol. The van der Waals surface area contributed by atoms with Crippen LogP contribution in [0.2, 0.25) is 0 Å². The third kappa shape index (κ3) is 4.23. The number of carbonyl (C=O) groups is 1. The number of unbranched alkanes of at least 4 members (excludes halogenated alkanes) is 1. The van der Waals surface area contributed by atoms with E-state index in [9.17, 15) is 4.79 Å². The Morgan fingerprint density at radius 2 is 2.05 bits per heavy atom. The molecule has 1 heterocycles. The predicted molar refractivity (Wildman–Crippen MR) is 81.0 cm³/mol. The number of rotatable bonds is 8. The van der Waals surface area contributed by atoms with Crippen LogP contribution in [0, 0.1) is 0 Å². The zero-order valence-electron chi connectivity index (χ0n) is 11.9. The van der Waals surface area contributed by atoms with Crippen LogP contribution in [0.25, 0.3) is 0 Å². The maximum Gasteiger partial charge on any atom is 0.162 e. The van der Waals surface area contributed by atoms with Crippen LogP contribution in [0.4, 0.5) is 5.69 Å². The number of ketones is 1. The normalized spacial score (nSPS) is 10.4. The lowest BCUT2D eigenvalue weighted by Crippen LogP contribution is -2.04. The highest BCUT2D eigenvalue weighted by molar-refractivity contribution is 5.96. The lowest BCUT2D eigenvalue weighted by Gasteiger charge is -2.07. The molecule has 0 atom stereocenters. The second kappa shape index (κ2) is 7.48. The fourth-order valence-electron chi connectivity index (χ4n) is 2.05. The number of aromatic nitrogens is 2. The number of aryl methyl sites for hydroxylation is 1. The van der Waals surface area contributed by atoms with E-state index in [1.165, 1.54) is 0 Å². The van der Waals surface area contributed by atoms with Gasteiger partial charge in [-0.05, 0) is 37.1 Å². The molecule has 0 radical (unpaired) electrons. The molecule has 0 bridgehead atoms. The van der Waals surface area contributed by atoms with Crippen LogP contribution in [-0.2, 0) is 6.54 Å². The third-order valence-corrected chi connectivity index (χ3v) is 3.26. The summed E-state index contributed by atoms with van der Waals surface area (Å²) in [4.78, 5) is 15.5. The zero-order chi connectivity index (χ0) is 14.2. The standard InChI is InChI=1S/C16H21N3O/c1-2-16(20)14-5-7-15(8-6-14)18-9-3-4-11-19-12-10-17-13-19/h5-8,10,12-13,18H,2-4,9,11H2,1H3. The minimum absolute atomic E-state index is 0.192. The van der Waals surface area contributed by atoms with Gasteiger partial charge < -0.3 is 9.88 Å². The Bertz CT molecular complexity index is 517. The number of anilines is 1. The van der Waals surface area contributed by atoms with Crippen LogP contribution in [0.15, 0.2) is 43.0 Å². The van der Waals surface area contributed by atoms with Crippen LogP contribution in [-0.4, -0.2) is 21.9 Å². The minimum Gasteiger partial charge on any atom is -0.385 e. The van der Waals surface area contributed by atoms with E-state index in [0.717, 1.165) is 37.2 Å². The van der Waals surface area contributed by atoms with Gasteiger partial charge in [-0.25, -0.2) is 4.98 Å². The summed E-state index contributed by atoms with van der Waals surface area (Å²) in [7, 11) is 0. The van der Waals surface area contributed by atoms with Gasteiger partial charge in [-0.3, -0.25) is 4.79 Å². The minimum atomic E-state index is 0.192. The van der Waals surface area contributed by atoms with Crippen molar-refractivity contribution in [1.82, 2.24) is 9.55 Å². The van der Waals surface area contributed by atoms with Gasteiger partial charge in [-0.2, -0.15) is 0 Å². The number of imidazole rings is 1. The number of hydrogen-bond donors (Lipinski definition) is 1. The van der Waals surface area contributed by atoms with E-state index in [0.29, 0.717) is 6.42 Å². The molecule has 0 aliphatic heterocycles. The molecule has 0 saturated carbocycles. The van der Waals surface area contributed by atoms with Gasteiger partial charge in [-0.1, -0.05) is 6.92 Å². The molecule has 2 rings (SSSR count). The summed E-state index contributed by atoms with van der Waals surface area (Å²) in [5, 5.41) is 3.37. The quantitative estimate of drug-likeness (QED) is 0.591. The molecule has 106 valence electrons. The molecule has 0 amide bonds. The summed E-state index contributed by atoms with van der Waals surface area (Å²) in [5.74, 6) is 0.192. The van der Waals surface area contributed by atoms with E-state index in [1.807, 2.05) is 43.7 Å². The van der Waals surface area contributed by atoms with Crippen molar-refractivity contribution in [2.75, 3.05) is 11.9 Å². The van der Waals surface area contributed by atoms with E-state index < -0.39 is 0 Å². The van der Waals surface area contributed by atoms with Crippen molar-refractivity contribution < 1.29 is 4.79 Å². The number of benzene rings is 1. The van der Waals surface area contributed by atoms with Crippen molar-refractivity contribution in [1.29, 1.82) is 0 Å². The first-order valence-electron chi connectivity index (χ1n) is 7.12. The summed E-state index contributed by atoms with van der Waals surface area (Å²) in [6, 6.07) is 7.72. The number of hydrogen-bond acceptors (Lipinski definition) is 3. The molecule has 20 heavy (non-hydrogen) atoms. The molecule has 2 aromatic rings. The molecular weight excluding hydrogens is 250 g/mol. The zero-order valence-corrected chi connectivity index (χ0v) is 11.9. The maximum atomic E-state index is 11.5. The molecule has 0 fully saturated rings. The van der Waals surface area contributed by atoms with Gasteiger partial charge in [-0.15, -0.1) is 0 Å². The number of Topliss-reactive ketones (excluding diaryl/α,β-unsaturated/α-hetero) is 1. The predicted octanol–water partition coefficient (Wildman–Crippen LogP) is 3.37. The third-order valence-electron chi connectivity index (χ3n) is 3.26. The van der Waals surface area contributed by atoms with Crippen LogP contribution >= 0.6 is 0 Å². The molecule has 0 aliphatic rings. The Hall–Kier alpha value is -2.10. The summed E-state index contributed by atoms with van der Waals surface area (Å²) >= 11 is 0. The van der Waals surface area contributed by atoms with Gasteiger partial charge in [0.1, 0.15) is 0 Å². The summed E-state index contributed by atoms with van der Waals surface area (Å²) in [6.45, 7) is 3.83. The lowest BCUT2D eigenvalue weighted by molar-refractivity contribution is 0.0988. The average Bonchev–Trinajstić information content (AvgIpc) is 3.00. The first kappa shape index (κ1) is 14.3. The van der Waals surface area contributed by atoms with Gasteiger partial charge in [0, 0.05) is 43.2 Å². The van der Waals surface area contributed by atoms with Gasteiger partial charge in [0.05, 0.1) is 6.33 Å². The lowest BCUT2D eigenvalue weighted by atomic mass is 10.1. The van der Waals surface area contributed by atoms with Crippen LogP contribution in [0.1, 0.15) is 36.5 Å². The Kier molecular flexibility index (Phi) is 5.35. The van der Waals surface area contributed by atoms with Crippen LogP contribution in [0.5, 0.6) is 0 Å². The number of nitrogens with one attached hydrogen (secondary N) is 1. The molecule has 1 N–H and O–H groups in total. The summed E-state index contributed by atoms with van der Waals surface area (Å²) in [5.41, 5.74) is 1.86. The largest absolute Gasteiger partial charge is 0.385 e. The first-order valence-corrected chi connectivity index (χ1v) is 7.12. The highest BCUT2D eigenvalue weighted by Crippen LogP contribution is 2.11. The van der Waals surface area contributed by atoms with E-state index in [1.54, 1.807) is 6.20 Å². The van der Waals surface area contributed by atoms with Crippen molar-refractivity contribution in [3.63, 3.8) is 0 Å². The first-order chi connectivity index (χ1) is 9.79. The number of nitrogens with zero attached hydrogens (tertiary/aromatic N) is 2. The topological polar surface area (TPSA) is 46.9 Å². The molecule has 0 saturated heterocycles. The average molecular weight is 271 g/mol. The van der Waals surface area contributed by atoms with Crippen molar-refractivity contribution in [2.45, 2.75) is 32.7 Å². The fourth-order valence-corrected chi connectivity index (χ4v) is 2.05. The van der Waals surface area contributed by atoms with Crippen molar-refractivity contribution in [3.05, 3.63) is 48.5 Å². The highest BCUT2D eigenvalue weighted by atomic mass is 16.1. The highest BCUT2D eigenvalue weighted by Gasteiger charge is 2.01. The van der Waals surface area contributed by atoms with E-state index in [-0.39, 0.29) is 5.78 Å². The van der Waals surface area contributed by atoms with Gasteiger partial charge >= 0.3 is 0 Å². The summed E-state index contributed by atoms with van der Waals surface area (Å²) < 4.78 is 2.09. The second-order valence-electron chi connectivity index (χ2n) is 4.79. The number of carbonyl (C=O) groups excluding carboxylic acids is 1. The van der Waals surface area contributed by atoms with Crippen LogP contribution in [0.3, 0.4) is 0 Å². The second-order valence-corrected chi connectivity index (χ2v) is 4.79. The Morgan fingerprint density at radius 1 is 1.25 bits per heavy atom. The van der Waals surface area contributed by atoms with E-state index in [2.05, 4.69) is 14.9 Å². The Labute approximate surface area is 119 Å². The molecule has 4 nitrogen and oxygen atoms in total. The molecular formula is C16H21N3O. The van der Waals surface area contributed by atoms with Crippen molar-refractivity contribution in [3.8, 4) is 0 Å². The van der Waals surface area contributed by atoms with E-state index in [4.69, 9.17) is 0 Å². The molecule has 0 spiro atoms. The maximum absolute atomic E-state index is 11.5. The Balaban J connectivity index is 1.67. The SMILES string of the molecule is CCC(=O)c1ccc(NCCCCn2ccnc2)cc1. The van der Waals surface area contributed by atoms with Gasteiger partial charge in [0.25, 0.3) is 0 Å². The summed E-state index contributed by atoms with van der Waals surface area (Å²) in [6.07, 6.45) is 8.41. The molecule has 0 aliphatic carbocycles. The molecule has 1 aromatic carbocycles. The van der Waals surface area contributed by atoms with Gasteiger partial charge in [0.15, 0.2) is 5.78 Å². The molecule has 4 heteroatoms. The smallest absolute Gasteiger partial charge is 0.162 e. The van der Waals surface area contributed by atoms with Crippen LogP contribution < -0.4 is 5.32 Å². The Morgan fingerprint density at radius 3 is 2.70 bits per heavy atom. The fraction of sp³-hybridized carbons (Fsp3) is 0.375. The van der Waals surface area contributed by atoms with E-state index >= 15 is 0 Å². The van der Waals surface area contributed by atoms with Gasteiger partial charge in [0.2, 0.25) is 0 Å². The van der Waals surface area contributed by atoms with Crippen molar-refractivity contribution >= 4 is 11.5 Å².